The Kier molecular flexibility index (Phi) is 7.25. The summed E-state index contributed by atoms with van der Waals surface area (Å²) < 4.78 is 5.17. The first-order valence-corrected chi connectivity index (χ1v) is 11.2. The lowest BCUT2D eigenvalue weighted by Crippen LogP contribution is -2.43. The first-order valence-electron chi connectivity index (χ1n) is 11.2. The number of anilines is 1. The molecule has 3 aromatic rings. The molecule has 6 nitrogen and oxygen atoms in total. The molecular formula is C27H29N3O3. The molecule has 4 rings (SSSR count). The fourth-order valence-corrected chi connectivity index (χ4v) is 4.28. The highest BCUT2D eigenvalue weighted by Crippen LogP contribution is 2.27. The molecule has 3 amide bonds. The van der Waals surface area contributed by atoms with Crippen LogP contribution in [0.25, 0.3) is 0 Å². The van der Waals surface area contributed by atoms with Gasteiger partial charge in [-0.05, 0) is 41.8 Å². The molecule has 0 bridgehead atoms. The standard InChI is InChI=1S/C27H29N3O3/c1-33-24-14-12-23(13-15-24)30-19-22(18-26(30)31)29-27(32)28-17-16-25(20-8-4-2-5-9-20)21-10-6-3-7-11-21/h2-15,22,25H,16-19H2,1H3,(H2,28,29,32). The van der Waals surface area contributed by atoms with E-state index in [0.717, 1.165) is 17.9 Å². The highest BCUT2D eigenvalue weighted by Gasteiger charge is 2.31. The average molecular weight is 444 g/mol. The molecule has 1 aliphatic rings. The Labute approximate surface area is 194 Å². The Bertz CT molecular complexity index is 1020. The number of rotatable bonds is 8. The van der Waals surface area contributed by atoms with Crippen LogP contribution in [0.1, 0.15) is 29.9 Å². The predicted molar refractivity (Wildman–Crippen MR) is 130 cm³/mol. The summed E-state index contributed by atoms with van der Waals surface area (Å²) in [7, 11) is 1.61. The quantitative estimate of drug-likeness (QED) is 0.545. The summed E-state index contributed by atoms with van der Waals surface area (Å²) in [6.45, 7) is 0.985. The van der Waals surface area contributed by atoms with Crippen molar-refractivity contribution in [3.05, 3.63) is 96.1 Å². The van der Waals surface area contributed by atoms with Crippen molar-refractivity contribution in [2.75, 3.05) is 25.1 Å². The van der Waals surface area contributed by atoms with Crippen molar-refractivity contribution in [2.24, 2.45) is 0 Å². The lowest BCUT2D eigenvalue weighted by molar-refractivity contribution is -0.117. The van der Waals surface area contributed by atoms with E-state index in [1.54, 1.807) is 12.0 Å². The number of nitrogens with zero attached hydrogens (tertiary/aromatic N) is 1. The molecule has 2 N–H and O–H groups in total. The number of urea groups is 1. The van der Waals surface area contributed by atoms with Crippen molar-refractivity contribution in [1.29, 1.82) is 0 Å². The van der Waals surface area contributed by atoms with Gasteiger partial charge in [0, 0.05) is 31.1 Å². The second kappa shape index (κ2) is 10.7. The molecule has 170 valence electrons. The van der Waals surface area contributed by atoms with Crippen LogP contribution in [0.5, 0.6) is 5.75 Å². The van der Waals surface area contributed by atoms with Gasteiger partial charge in [0.2, 0.25) is 5.91 Å². The van der Waals surface area contributed by atoms with Gasteiger partial charge in [-0.25, -0.2) is 4.79 Å². The SMILES string of the molecule is COc1ccc(N2CC(NC(=O)NCCC(c3ccccc3)c3ccccc3)CC2=O)cc1. The van der Waals surface area contributed by atoms with Crippen molar-refractivity contribution in [3.8, 4) is 5.75 Å². The number of ether oxygens (including phenoxy) is 1. The minimum atomic E-state index is -0.246. The molecule has 0 saturated carbocycles. The summed E-state index contributed by atoms with van der Waals surface area (Å²) in [4.78, 5) is 26.7. The third-order valence-electron chi connectivity index (χ3n) is 5.97. The molecule has 0 radical (unpaired) electrons. The number of nitrogens with one attached hydrogen (secondary N) is 2. The van der Waals surface area contributed by atoms with Crippen LogP contribution in [0.15, 0.2) is 84.9 Å². The van der Waals surface area contributed by atoms with Crippen molar-refractivity contribution in [1.82, 2.24) is 10.6 Å². The molecule has 3 aromatic carbocycles. The molecule has 1 aliphatic heterocycles. The number of hydrogen-bond acceptors (Lipinski definition) is 3. The fourth-order valence-electron chi connectivity index (χ4n) is 4.28. The van der Waals surface area contributed by atoms with Gasteiger partial charge in [0.05, 0.1) is 13.2 Å². The monoisotopic (exact) mass is 443 g/mol. The number of methoxy groups -OCH3 is 1. The van der Waals surface area contributed by atoms with E-state index < -0.39 is 0 Å². The van der Waals surface area contributed by atoms with Crippen LogP contribution in [0.3, 0.4) is 0 Å². The Hall–Kier alpha value is -3.80. The molecule has 1 fully saturated rings. The van der Waals surface area contributed by atoms with Gasteiger partial charge in [0.15, 0.2) is 0 Å². The molecule has 0 spiro atoms. The zero-order valence-corrected chi connectivity index (χ0v) is 18.7. The maximum absolute atomic E-state index is 12.5. The van der Waals surface area contributed by atoms with E-state index in [9.17, 15) is 9.59 Å². The first kappa shape index (κ1) is 22.4. The number of carbonyl (C=O) groups excluding carboxylic acids is 2. The van der Waals surface area contributed by atoms with Gasteiger partial charge in [-0.1, -0.05) is 60.7 Å². The van der Waals surface area contributed by atoms with Crippen LogP contribution in [-0.4, -0.2) is 38.2 Å². The molecular weight excluding hydrogens is 414 g/mol. The van der Waals surface area contributed by atoms with E-state index in [1.165, 1.54) is 11.1 Å². The molecule has 1 unspecified atom stereocenters. The van der Waals surface area contributed by atoms with E-state index in [4.69, 9.17) is 4.74 Å². The summed E-state index contributed by atoms with van der Waals surface area (Å²) in [5.41, 5.74) is 3.25. The van der Waals surface area contributed by atoms with Gasteiger partial charge < -0.3 is 20.3 Å². The van der Waals surface area contributed by atoms with E-state index in [-0.39, 0.29) is 30.3 Å². The van der Waals surface area contributed by atoms with Crippen molar-refractivity contribution in [3.63, 3.8) is 0 Å². The molecule has 1 heterocycles. The van der Waals surface area contributed by atoms with Crippen LogP contribution in [0.4, 0.5) is 10.5 Å². The summed E-state index contributed by atoms with van der Waals surface area (Å²) in [5.74, 6) is 0.939. The van der Waals surface area contributed by atoms with Crippen LogP contribution in [0, 0.1) is 0 Å². The lowest BCUT2D eigenvalue weighted by Gasteiger charge is -2.20. The normalized spacial score (nSPS) is 15.5. The zero-order chi connectivity index (χ0) is 23.0. The second-order valence-electron chi connectivity index (χ2n) is 8.17. The summed E-state index contributed by atoms with van der Waals surface area (Å²) in [6, 6.07) is 27.5. The Balaban J connectivity index is 1.30. The molecule has 0 aliphatic carbocycles. The number of benzene rings is 3. The molecule has 6 heteroatoms. The Morgan fingerprint density at radius 3 is 2.15 bits per heavy atom. The summed E-state index contributed by atoms with van der Waals surface area (Å²) >= 11 is 0. The van der Waals surface area contributed by atoms with Crippen LogP contribution < -0.4 is 20.3 Å². The minimum Gasteiger partial charge on any atom is -0.497 e. The third-order valence-corrected chi connectivity index (χ3v) is 5.97. The van der Waals surface area contributed by atoms with Gasteiger partial charge >= 0.3 is 6.03 Å². The molecule has 1 saturated heterocycles. The average Bonchev–Trinajstić information content (AvgIpc) is 3.22. The zero-order valence-electron chi connectivity index (χ0n) is 18.7. The highest BCUT2D eigenvalue weighted by molar-refractivity contribution is 5.96. The summed E-state index contributed by atoms with van der Waals surface area (Å²) in [6.07, 6.45) is 1.07. The topological polar surface area (TPSA) is 70.7 Å². The maximum atomic E-state index is 12.5. The lowest BCUT2D eigenvalue weighted by atomic mass is 9.88. The fraction of sp³-hybridized carbons (Fsp3) is 0.259. The van der Waals surface area contributed by atoms with Gasteiger partial charge in [0.1, 0.15) is 5.75 Å². The van der Waals surface area contributed by atoms with Gasteiger partial charge in [-0.2, -0.15) is 0 Å². The van der Waals surface area contributed by atoms with E-state index in [2.05, 4.69) is 34.9 Å². The smallest absolute Gasteiger partial charge is 0.315 e. The van der Waals surface area contributed by atoms with Gasteiger partial charge in [-0.15, -0.1) is 0 Å². The van der Waals surface area contributed by atoms with Gasteiger partial charge in [0.25, 0.3) is 0 Å². The largest absolute Gasteiger partial charge is 0.497 e. The Morgan fingerprint density at radius 2 is 1.58 bits per heavy atom. The first-order chi connectivity index (χ1) is 16.1. The molecule has 1 atom stereocenters. The number of amides is 3. The predicted octanol–water partition coefficient (Wildman–Crippen LogP) is 4.32. The maximum Gasteiger partial charge on any atom is 0.315 e. The van der Waals surface area contributed by atoms with Crippen molar-refractivity contribution < 1.29 is 14.3 Å². The number of carbonyl (C=O) groups is 2. The van der Waals surface area contributed by atoms with Crippen molar-refractivity contribution in [2.45, 2.75) is 24.8 Å². The van der Waals surface area contributed by atoms with Crippen LogP contribution in [0.2, 0.25) is 0 Å². The third kappa shape index (κ3) is 5.71. The Morgan fingerprint density at radius 1 is 0.970 bits per heavy atom. The summed E-state index contributed by atoms with van der Waals surface area (Å²) in [5, 5.41) is 5.92. The van der Waals surface area contributed by atoms with E-state index in [0.29, 0.717) is 13.1 Å². The van der Waals surface area contributed by atoms with Crippen molar-refractivity contribution >= 4 is 17.6 Å². The van der Waals surface area contributed by atoms with Crippen LogP contribution >= 0.6 is 0 Å². The molecule has 33 heavy (non-hydrogen) atoms. The van der Waals surface area contributed by atoms with Crippen LogP contribution in [-0.2, 0) is 4.79 Å². The number of hydrogen-bond donors (Lipinski definition) is 2. The molecule has 0 aromatic heterocycles. The van der Waals surface area contributed by atoms with Gasteiger partial charge in [-0.3, -0.25) is 4.79 Å². The van der Waals surface area contributed by atoms with E-state index >= 15 is 0 Å². The minimum absolute atomic E-state index is 0.00122. The van der Waals surface area contributed by atoms with E-state index in [1.807, 2.05) is 60.7 Å². The highest BCUT2D eigenvalue weighted by atomic mass is 16.5. The second-order valence-corrected chi connectivity index (χ2v) is 8.17.